The molecule has 1 aliphatic rings. The smallest absolute Gasteiger partial charge is 0.335 e. The van der Waals surface area contributed by atoms with Crippen molar-refractivity contribution in [1.82, 2.24) is 5.01 Å². The molecule has 5 heteroatoms. The summed E-state index contributed by atoms with van der Waals surface area (Å²) < 4.78 is 5.38. The summed E-state index contributed by atoms with van der Waals surface area (Å²) in [5, 5.41) is 5.63. The Morgan fingerprint density at radius 1 is 1.35 bits per heavy atom. The number of amides is 2. The van der Waals surface area contributed by atoms with Gasteiger partial charge in [-0.05, 0) is 24.6 Å². The molecule has 1 aliphatic heterocycles. The van der Waals surface area contributed by atoms with Gasteiger partial charge in [-0.15, -0.1) is 0 Å². The summed E-state index contributed by atoms with van der Waals surface area (Å²) in [5.41, 5.74) is 8.41. The van der Waals surface area contributed by atoms with Gasteiger partial charge in [-0.2, -0.15) is 5.10 Å². The highest BCUT2D eigenvalue weighted by atomic mass is 16.3. The van der Waals surface area contributed by atoms with E-state index in [-0.39, 0.29) is 6.04 Å². The average molecular weight is 269 g/mol. The average Bonchev–Trinajstić information content (AvgIpc) is 3.08. The van der Waals surface area contributed by atoms with Crippen molar-refractivity contribution < 1.29 is 9.21 Å². The van der Waals surface area contributed by atoms with Crippen LogP contribution in [0.15, 0.2) is 52.2 Å². The number of hydrogen-bond donors (Lipinski definition) is 1. The fourth-order valence-electron chi connectivity index (χ4n) is 2.34. The van der Waals surface area contributed by atoms with Crippen molar-refractivity contribution in [3.63, 3.8) is 0 Å². The van der Waals surface area contributed by atoms with Crippen molar-refractivity contribution in [3.8, 4) is 0 Å². The molecule has 2 N–H and O–H groups in total. The van der Waals surface area contributed by atoms with Crippen LogP contribution in [0.1, 0.15) is 29.3 Å². The number of urea groups is 1. The quantitative estimate of drug-likeness (QED) is 0.910. The molecule has 0 fully saturated rings. The molecule has 1 atom stereocenters. The minimum Gasteiger partial charge on any atom is -0.467 e. The summed E-state index contributed by atoms with van der Waals surface area (Å²) in [6, 6.07) is 10.8. The highest BCUT2D eigenvalue weighted by molar-refractivity contribution is 6.03. The number of carbonyl (C=O) groups excluding carboxylic acids is 1. The zero-order chi connectivity index (χ0) is 14.1. The first-order valence-corrected chi connectivity index (χ1v) is 6.42. The molecule has 0 spiro atoms. The number of furan rings is 1. The van der Waals surface area contributed by atoms with E-state index >= 15 is 0 Å². The van der Waals surface area contributed by atoms with Crippen LogP contribution < -0.4 is 5.73 Å². The van der Waals surface area contributed by atoms with Crippen molar-refractivity contribution in [2.24, 2.45) is 10.8 Å². The molecular weight excluding hydrogens is 254 g/mol. The van der Waals surface area contributed by atoms with Crippen molar-refractivity contribution in [2.45, 2.75) is 19.4 Å². The maximum atomic E-state index is 11.5. The van der Waals surface area contributed by atoms with Gasteiger partial charge in [0.15, 0.2) is 0 Å². The van der Waals surface area contributed by atoms with Crippen LogP contribution in [0.5, 0.6) is 0 Å². The summed E-state index contributed by atoms with van der Waals surface area (Å²) in [6.45, 7) is 2.03. The van der Waals surface area contributed by atoms with Gasteiger partial charge >= 0.3 is 6.03 Å². The molecule has 2 heterocycles. The zero-order valence-electron chi connectivity index (χ0n) is 11.1. The summed E-state index contributed by atoms with van der Waals surface area (Å²) in [4.78, 5) is 11.5. The SMILES string of the molecule is Cc1ccc(C2=NN(C(N)=O)C(c3ccco3)C2)cc1. The van der Waals surface area contributed by atoms with Crippen LogP contribution in [0.3, 0.4) is 0 Å². The van der Waals surface area contributed by atoms with Gasteiger partial charge in [0.1, 0.15) is 11.8 Å². The molecule has 0 aliphatic carbocycles. The molecule has 102 valence electrons. The van der Waals surface area contributed by atoms with E-state index in [9.17, 15) is 4.79 Å². The molecule has 0 bridgehead atoms. The van der Waals surface area contributed by atoms with Crippen molar-refractivity contribution in [3.05, 3.63) is 59.5 Å². The minimum absolute atomic E-state index is 0.265. The number of hydrogen-bond acceptors (Lipinski definition) is 3. The Kier molecular flexibility index (Phi) is 3.02. The number of nitrogens with two attached hydrogens (primary N) is 1. The number of hydrazone groups is 1. The fourth-order valence-corrected chi connectivity index (χ4v) is 2.34. The summed E-state index contributed by atoms with van der Waals surface area (Å²) in [5.74, 6) is 0.690. The molecule has 3 rings (SSSR count). The number of nitrogens with zero attached hydrogens (tertiary/aromatic N) is 2. The molecule has 2 amide bonds. The van der Waals surface area contributed by atoms with Crippen LogP contribution in [0.2, 0.25) is 0 Å². The second-order valence-corrected chi connectivity index (χ2v) is 4.83. The van der Waals surface area contributed by atoms with E-state index in [1.807, 2.05) is 37.3 Å². The van der Waals surface area contributed by atoms with Crippen molar-refractivity contribution in [2.75, 3.05) is 0 Å². The summed E-state index contributed by atoms with van der Waals surface area (Å²) in [7, 11) is 0. The Morgan fingerprint density at radius 3 is 2.70 bits per heavy atom. The Balaban J connectivity index is 1.92. The highest BCUT2D eigenvalue weighted by Crippen LogP contribution is 2.32. The normalized spacial score (nSPS) is 18.1. The van der Waals surface area contributed by atoms with Crippen LogP contribution in [0.25, 0.3) is 0 Å². The maximum Gasteiger partial charge on any atom is 0.335 e. The number of rotatable bonds is 2. The molecule has 0 radical (unpaired) electrons. The maximum absolute atomic E-state index is 11.5. The lowest BCUT2D eigenvalue weighted by Crippen LogP contribution is -2.31. The van der Waals surface area contributed by atoms with Crippen LogP contribution in [0.4, 0.5) is 4.79 Å². The molecule has 1 aromatic carbocycles. The van der Waals surface area contributed by atoms with Crippen LogP contribution >= 0.6 is 0 Å². The highest BCUT2D eigenvalue weighted by Gasteiger charge is 2.33. The van der Waals surface area contributed by atoms with Gasteiger partial charge < -0.3 is 10.2 Å². The lowest BCUT2D eigenvalue weighted by atomic mass is 10.0. The molecule has 1 unspecified atom stereocenters. The van der Waals surface area contributed by atoms with E-state index in [4.69, 9.17) is 10.2 Å². The first-order chi connectivity index (χ1) is 9.65. The Hall–Kier alpha value is -2.56. The van der Waals surface area contributed by atoms with E-state index < -0.39 is 6.03 Å². The summed E-state index contributed by atoms with van der Waals surface area (Å²) in [6.07, 6.45) is 2.18. The third-order valence-corrected chi connectivity index (χ3v) is 3.39. The van der Waals surface area contributed by atoms with E-state index in [2.05, 4.69) is 5.10 Å². The van der Waals surface area contributed by atoms with Crippen molar-refractivity contribution >= 4 is 11.7 Å². The summed E-state index contributed by atoms with van der Waals surface area (Å²) >= 11 is 0. The fraction of sp³-hybridized carbons (Fsp3) is 0.200. The number of benzene rings is 1. The lowest BCUT2D eigenvalue weighted by Gasteiger charge is -2.16. The van der Waals surface area contributed by atoms with Crippen LogP contribution in [0, 0.1) is 6.92 Å². The molecule has 20 heavy (non-hydrogen) atoms. The first-order valence-electron chi connectivity index (χ1n) is 6.42. The van der Waals surface area contributed by atoms with E-state index in [0.29, 0.717) is 12.2 Å². The van der Waals surface area contributed by atoms with Gasteiger partial charge in [0.05, 0.1) is 12.0 Å². The Morgan fingerprint density at radius 2 is 2.10 bits per heavy atom. The second-order valence-electron chi connectivity index (χ2n) is 4.83. The molecule has 5 nitrogen and oxygen atoms in total. The van der Waals surface area contributed by atoms with Crippen molar-refractivity contribution in [1.29, 1.82) is 0 Å². The van der Waals surface area contributed by atoms with Crippen LogP contribution in [-0.4, -0.2) is 16.8 Å². The minimum atomic E-state index is -0.575. The van der Waals surface area contributed by atoms with Gasteiger partial charge in [0, 0.05) is 6.42 Å². The standard InChI is InChI=1S/C15H15N3O2/c1-10-4-6-11(7-5-10)12-9-13(14-3-2-8-20-14)18(17-12)15(16)19/h2-8,13H,9H2,1H3,(H2,16,19). The predicted octanol–water partition coefficient (Wildman–Crippen LogP) is 2.82. The van der Waals surface area contributed by atoms with Gasteiger partial charge in [-0.3, -0.25) is 0 Å². The molecule has 1 aromatic heterocycles. The predicted molar refractivity (Wildman–Crippen MR) is 75.2 cm³/mol. The largest absolute Gasteiger partial charge is 0.467 e. The zero-order valence-corrected chi connectivity index (χ0v) is 11.1. The number of primary amides is 1. The molecule has 0 saturated carbocycles. The number of aryl methyl sites for hydroxylation is 1. The monoisotopic (exact) mass is 269 g/mol. The first kappa shape index (κ1) is 12.5. The van der Waals surface area contributed by atoms with Gasteiger partial charge in [-0.25, -0.2) is 9.80 Å². The Bertz CT molecular complexity index is 644. The van der Waals surface area contributed by atoms with E-state index in [1.54, 1.807) is 12.3 Å². The third-order valence-electron chi connectivity index (χ3n) is 3.39. The second kappa shape index (κ2) is 4.85. The van der Waals surface area contributed by atoms with Gasteiger partial charge in [0.25, 0.3) is 0 Å². The van der Waals surface area contributed by atoms with E-state index in [0.717, 1.165) is 11.3 Å². The van der Waals surface area contributed by atoms with Crippen LogP contribution in [-0.2, 0) is 0 Å². The van der Waals surface area contributed by atoms with Gasteiger partial charge in [0.2, 0.25) is 0 Å². The molecule has 0 saturated heterocycles. The van der Waals surface area contributed by atoms with Gasteiger partial charge in [-0.1, -0.05) is 29.8 Å². The molecule has 2 aromatic rings. The Labute approximate surface area is 116 Å². The molecular formula is C15H15N3O2. The third kappa shape index (κ3) is 2.18. The topological polar surface area (TPSA) is 71.8 Å². The number of carbonyl (C=O) groups is 1. The lowest BCUT2D eigenvalue weighted by molar-refractivity contribution is 0.188. The van der Waals surface area contributed by atoms with E-state index in [1.165, 1.54) is 10.6 Å².